The van der Waals surface area contributed by atoms with Crippen molar-refractivity contribution in [3.63, 3.8) is 0 Å². The average Bonchev–Trinajstić information content (AvgIpc) is 2.16. The highest BCUT2D eigenvalue weighted by atomic mass is 32.2. The normalized spacial score (nSPS) is 9.79. The van der Waals surface area contributed by atoms with Crippen molar-refractivity contribution in [3.8, 4) is 0 Å². The van der Waals surface area contributed by atoms with Crippen LogP contribution in [0.5, 0.6) is 0 Å². The van der Waals surface area contributed by atoms with Crippen LogP contribution in [0.15, 0.2) is 0 Å². The van der Waals surface area contributed by atoms with Crippen LogP contribution in [0.2, 0.25) is 0 Å². The molecule has 0 rings (SSSR count). The van der Waals surface area contributed by atoms with Gasteiger partial charge in [-0.15, -0.1) is 10.5 Å². The Labute approximate surface area is 84.5 Å². The molecule has 82 valence electrons. The minimum absolute atomic E-state index is 0.00787. The van der Waals surface area contributed by atoms with E-state index in [1.807, 2.05) is 0 Å². The molecule has 0 aromatic carbocycles. The van der Waals surface area contributed by atoms with E-state index in [4.69, 9.17) is 11.5 Å². The predicted molar refractivity (Wildman–Crippen MR) is 54.7 cm³/mol. The fourth-order valence-electron chi connectivity index (χ4n) is 0.620. The Morgan fingerprint density at radius 1 is 1.07 bits per heavy atom. The zero-order valence-corrected chi connectivity index (χ0v) is 8.93. The van der Waals surface area contributed by atoms with Gasteiger partial charge in [-0.3, -0.25) is 21.1 Å². The lowest BCUT2D eigenvalue weighted by atomic mass is 10.8. The first kappa shape index (κ1) is 13.1. The summed E-state index contributed by atoms with van der Waals surface area (Å²) in [4.78, 5) is 21.8. The van der Waals surface area contributed by atoms with Crippen molar-refractivity contribution in [2.45, 2.75) is 0 Å². The van der Waals surface area contributed by atoms with Crippen molar-refractivity contribution >= 4 is 27.5 Å². The van der Waals surface area contributed by atoms with Crippen molar-refractivity contribution in [1.82, 2.24) is 0 Å². The fraction of sp³-hybridized carbons (Fsp3) is 0.571. The third kappa shape index (κ3) is 4.95. The Bertz CT molecular complexity index is 240. The minimum Gasteiger partial charge on any atom is -0.468 e. The summed E-state index contributed by atoms with van der Waals surface area (Å²) in [6.07, 6.45) is 0. The Morgan fingerprint density at radius 3 is 1.64 bits per heavy atom. The van der Waals surface area contributed by atoms with Crippen molar-refractivity contribution in [2.75, 3.05) is 25.7 Å². The first-order valence-electron chi connectivity index (χ1n) is 3.70. The summed E-state index contributed by atoms with van der Waals surface area (Å²) in [5, 5.41) is 0.0563. The topological polar surface area (TPSA) is 105 Å². The molecule has 0 unspecified atom stereocenters. The van der Waals surface area contributed by atoms with E-state index in [1.54, 1.807) is 0 Å². The second kappa shape index (κ2) is 6.52. The molecule has 14 heavy (non-hydrogen) atoms. The van der Waals surface area contributed by atoms with Gasteiger partial charge >= 0.3 is 11.9 Å². The zero-order chi connectivity index (χ0) is 11.1. The number of ether oxygens (including phenoxy) is 2. The largest absolute Gasteiger partial charge is 0.468 e. The lowest BCUT2D eigenvalue weighted by molar-refractivity contribution is -0.137. The van der Waals surface area contributed by atoms with Crippen molar-refractivity contribution in [2.24, 2.45) is 11.5 Å². The number of esters is 2. The lowest BCUT2D eigenvalue weighted by Crippen LogP contribution is -2.27. The molecule has 0 saturated heterocycles. The molecule has 0 aliphatic heterocycles. The molecule has 4 N–H and O–H groups in total. The molecule has 0 amide bonds. The van der Waals surface area contributed by atoms with E-state index in [1.165, 1.54) is 14.2 Å². The van der Waals surface area contributed by atoms with Crippen molar-refractivity contribution in [3.05, 3.63) is 0 Å². The third-order valence-electron chi connectivity index (χ3n) is 1.37. The summed E-state index contributed by atoms with van der Waals surface area (Å²) in [6, 6.07) is 0. The van der Waals surface area contributed by atoms with Crippen LogP contribution in [0.3, 0.4) is 0 Å². The van der Waals surface area contributed by atoms with E-state index in [0.717, 1.165) is 0 Å². The molecule has 6 nitrogen and oxygen atoms in total. The SMILES string of the molecule is COC(=O)CS(CC(=O)OC)=C(N)N. The van der Waals surface area contributed by atoms with Gasteiger partial charge in [0.05, 0.1) is 30.8 Å². The zero-order valence-electron chi connectivity index (χ0n) is 8.11. The van der Waals surface area contributed by atoms with Crippen LogP contribution in [-0.4, -0.2) is 42.8 Å². The monoisotopic (exact) mass is 222 g/mol. The predicted octanol–water partition coefficient (Wildman–Crippen LogP) is -1.39. The van der Waals surface area contributed by atoms with Crippen molar-refractivity contribution in [1.29, 1.82) is 0 Å². The van der Waals surface area contributed by atoms with Gasteiger partial charge in [-0.05, 0) is 0 Å². The average molecular weight is 222 g/mol. The number of rotatable bonds is 4. The van der Waals surface area contributed by atoms with Gasteiger partial charge in [-0.1, -0.05) is 0 Å². The molecule has 0 radical (unpaired) electrons. The van der Waals surface area contributed by atoms with Gasteiger partial charge in [-0.25, -0.2) is 0 Å². The lowest BCUT2D eigenvalue weighted by Gasteiger charge is -2.08. The maximum absolute atomic E-state index is 10.9. The maximum atomic E-state index is 10.9. The number of hydrogen-bond donors (Lipinski definition) is 2. The molecule has 0 fully saturated rings. The number of carbonyl (C=O) groups excluding carboxylic acids is 2. The van der Waals surface area contributed by atoms with Gasteiger partial charge in [0, 0.05) is 0 Å². The van der Waals surface area contributed by atoms with Gasteiger partial charge in [-0.2, -0.15) is 0 Å². The molecule has 0 heterocycles. The molecule has 0 bridgehead atoms. The Hall–Kier alpha value is -0.920. The Kier molecular flexibility index (Phi) is 6.09. The van der Waals surface area contributed by atoms with Crippen LogP contribution < -0.4 is 11.5 Å². The highest BCUT2D eigenvalue weighted by Crippen LogP contribution is 2.12. The Morgan fingerprint density at radius 2 is 1.43 bits per heavy atom. The second-order valence-electron chi connectivity index (χ2n) is 2.34. The van der Waals surface area contributed by atoms with Crippen LogP contribution in [0.4, 0.5) is 0 Å². The second-order valence-corrected chi connectivity index (χ2v) is 4.37. The van der Waals surface area contributed by atoms with Gasteiger partial charge in [0.2, 0.25) is 0 Å². The molecular weight excluding hydrogens is 208 g/mol. The van der Waals surface area contributed by atoms with Crippen LogP contribution in [0, 0.1) is 0 Å². The molecule has 0 saturated carbocycles. The third-order valence-corrected chi connectivity index (χ3v) is 3.21. The minimum atomic E-state index is -0.813. The fourth-order valence-corrected chi connectivity index (χ4v) is 1.86. The van der Waals surface area contributed by atoms with Gasteiger partial charge in [0.15, 0.2) is 0 Å². The van der Waals surface area contributed by atoms with Crippen LogP contribution in [0.1, 0.15) is 0 Å². The van der Waals surface area contributed by atoms with E-state index < -0.39 is 22.4 Å². The summed E-state index contributed by atoms with van der Waals surface area (Å²) < 4.78 is 8.88. The molecule has 0 atom stereocenters. The number of nitrogens with two attached hydrogens (primary N) is 2. The van der Waals surface area contributed by atoms with Crippen LogP contribution >= 0.6 is 10.5 Å². The molecule has 0 aromatic heterocycles. The van der Waals surface area contributed by atoms with Gasteiger partial charge in [0.25, 0.3) is 0 Å². The van der Waals surface area contributed by atoms with Gasteiger partial charge < -0.3 is 9.47 Å². The summed E-state index contributed by atoms with van der Waals surface area (Å²) in [7, 11) is 1.70. The molecule has 0 aromatic rings. The van der Waals surface area contributed by atoms with E-state index >= 15 is 0 Å². The molecule has 7 heteroatoms. The molecular formula is C7H14N2O4S. The highest BCUT2D eigenvalue weighted by molar-refractivity contribution is 8.16. The number of methoxy groups -OCH3 is 2. The summed E-state index contributed by atoms with van der Waals surface area (Å²) in [6.45, 7) is 0. The summed E-state index contributed by atoms with van der Waals surface area (Å²) in [5.41, 5.74) is 10.7. The molecule has 0 aliphatic carbocycles. The van der Waals surface area contributed by atoms with Gasteiger partial charge in [0.1, 0.15) is 0 Å². The van der Waals surface area contributed by atoms with E-state index in [2.05, 4.69) is 9.47 Å². The molecule has 0 spiro atoms. The highest BCUT2D eigenvalue weighted by Gasteiger charge is 2.11. The quantitative estimate of drug-likeness (QED) is 0.448. The molecule has 0 aliphatic rings. The maximum Gasteiger partial charge on any atom is 0.315 e. The first-order valence-corrected chi connectivity index (χ1v) is 5.26. The van der Waals surface area contributed by atoms with E-state index in [-0.39, 0.29) is 16.6 Å². The number of carbonyl (C=O) groups is 2. The summed E-state index contributed by atoms with van der Waals surface area (Å²) >= 11 is 0. The smallest absolute Gasteiger partial charge is 0.315 e. The summed E-state index contributed by atoms with van der Waals surface area (Å²) in [5.74, 6) is -0.890. The first-order chi connectivity index (χ1) is 6.51. The Balaban J connectivity index is 4.41. The van der Waals surface area contributed by atoms with Crippen LogP contribution in [-0.2, 0) is 19.1 Å². The number of hydrogen-bond acceptors (Lipinski definition) is 4. The standard InChI is InChI=1S/C7H14N2O4S/c1-12-5(10)3-14(7(8)9)4-6(11)13-2/h3-4,8-9H2,1-2H3. The van der Waals surface area contributed by atoms with E-state index in [9.17, 15) is 9.59 Å². The van der Waals surface area contributed by atoms with E-state index in [0.29, 0.717) is 0 Å². The van der Waals surface area contributed by atoms with Crippen LogP contribution in [0.25, 0.3) is 0 Å². The van der Waals surface area contributed by atoms with Crippen molar-refractivity contribution < 1.29 is 19.1 Å².